The minimum atomic E-state index is -4.42. The minimum absolute atomic E-state index is 0.241. The van der Waals surface area contributed by atoms with Crippen LogP contribution in [0, 0.1) is 6.07 Å². The van der Waals surface area contributed by atoms with Gasteiger partial charge in [0.15, 0.2) is 0 Å². The van der Waals surface area contributed by atoms with Crippen LogP contribution in [0.15, 0.2) is 78.9 Å². The Kier molecular flexibility index (Phi) is 6.13. The fourth-order valence-corrected chi connectivity index (χ4v) is 5.44. The predicted octanol–water partition coefficient (Wildman–Crippen LogP) is 8.99. The summed E-state index contributed by atoms with van der Waals surface area (Å²) >= 11 is 2.61. The Morgan fingerprint density at radius 3 is 2.18 bits per heavy atom. The minimum Gasteiger partial charge on any atom is -0.497 e. The van der Waals surface area contributed by atoms with Gasteiger partial charge in [0.05, 0.1) is 33.1 Å². The summed E-state index contributed by atoms with van der Waals surface area (Å²) in [6.07, 6.45) is -4.42. The Hall–Kier alpha value is -4.15. The average molecular weight is 550 g/mol. The van der Waals surface area contributed by atoms with Crippen molar-refractivity contribution >= 4 is 43.1 Å². The molecule has 0 unspecified atom stereocenters. The van der Waals surface area contributed by atoms with Crippen LogP contribution in [0.4, 0.5) is 13.2 Å². The van der Waals surface area contributed by atoms with Gasteiger partial charge in [-0.05, 0) is 77.9 Å². The van der Waals surface area contributed by atoms with E-state index in [1.54, 1.807) is 25.3 Å². The molecule has 2 heterocycles. The van der Waals surface area contributed by atoms with E-state index in [-0.39, 0.29) is 10.7 Å². The van der Waals surface area contributed by atoms with E-state index in [0.717, 1.165) is 39.2 Å². The van der Waals surface area contributed by atoms with Crippen LogP contribution < -0.4 is 14.2 Å². The number of methoxy groups -OCH3 is 1. The van der Waals surface area contributed by atoms with Gasteiger partial charge in [-0.1, -0.05) is 40.9 Å². The molecule has 0 saturated heterocycles. The fraction of sp³-hybridized carbons (Fsp3) is 0.0714. The number of fused-ring (bicyclic) bond motifs is 2. The SMILES string of the molecule is COc1ccc2nc(Oc3ccc(-c4[c]ccc(Oc5nc6cc(C(F)(F)F)ccc6s5)c4)cc3)sc2c1. The Morgan fingerprint density at radius 1 is 0.711 bits per heavy atom. The Balaban J connectivity index is 1.18. The van der Waals surface area contributed by atoms with Crippen LogP contribution in [0.2, 0.25) is 0 Å². The van der Waals surface area contributed by atoms with Crippen molar-refractivity contribution in [3.8, 4) is 38.8 Å². The lowest BCUT2D eigenvalue weighted by Crippen LogP contribution is -2.03. The van der Waals surface area contributed by atoms with E-state index < -0.39 is 11.7 Å². The normalized spacial score (nSPS) is 11.7. The first-order chi connectivity index (χ1) is 18.3. The molecule has 0 amide bonds. The number of hydrogen-bond acceptors (Lipinski definition) is 7. The molecular formula is C28H16F3N2O3S2. The summed E-state index contributed by atoms with van der Waals surface area (Å²) in [6, 6.07) is 25.0. The lowest BCUT2D eigenvalue weighted by molar-refractivity contribution is -0.137. The number of hydrogen-bond donors (Lipinski definition) is 0. The third-order valence-corrected chi connectivity index (χ3v) is 7.43. The third kappa shape index (κ3) is 5.00. The van der Waals surface area contributed by atoms with Gasteiger partial charge in [-0.2, -0.15) is 13.2 Å². The molecule has 1 radical (unpaired) electrons. The van der Waals surface area contributed by atoms with E-state index >= 15 is 0 Å². The zero-order chi connectivity index (χ0) is 26.3. The van der Waals surface area contributed by atoms with Crippen molar-refractivity contribution in [1.82, 2.24) is 9.97 Å². The van der Waals surface area contributed by atoms with Crippen molar-refractivity contribution in [3.63, 3.8) is 0 Å². The van der Waals surface area contributed by atoms with Crippen molar-refractivity contribution in [2.75, 3.05) is 7.11 Å². The second kappa shape index (κ2) is 9.62. The first kappa shape index (κ1) is 24.2. The molecule has 0 fully saturated rings. The van der Waals surface area contributed by atoms with E-state index in [0.29, 0.717) is 21.4 Å². The molecule has 0 saturated carbocycles. The zero-order valence-corrected chi connectivity index (χ0v) is 21.2. The van der Waals surface area contributed by atoms with Gasteiger partial charge in [-0.15, -0.1) is 0 Å². The van der Waals surface area contributed by atoms with Crippen molar-refractivity contribution in [2.45, 2.75) is 6.18 Å². The van der Waals surface area contributed by atoms with Crippen molar-refractivity contribution < 1.29 is 27.4 Å². The van der Waals surface area contributed by atoms with E-state index in [1.165, 1.54) is 28.7 Å². The highest BCUT2D eigenvalue weighted by Crippen LogP contribution is 2.37. The highest BCUT2D eigenvalue weighted by molar-refractivity contribution is 7.20. The van der Waals surface area contributed by atoms with Crippen molar-refractivity contribution in [3.05, 3.63) is 90.5 Å². The summed E-state index contributed by atoms with van der Waals surface area (Å²) in [5, 5.41) is 0.787. The van der Waals surface area contributed by atoms with Gasteiger partial charge in [-0.25, -0.2) is 9.97 Å². The largest absolute Gasteiger partial charge is 0.497 e. The maximum absolute atomic E-state index is 13.0. The highest BCUT2D eigenvalue weighted by atomic mass is 32.1. The lowest BCUT2D eigenvalue weighted by Gasteiger charge is -2.07. The number of rotatable bonds is 6. The number of aromatic nitrogens is 2. The molecule has 189 valence electrons. The van der Waals surface area contributed by atoms with E-state index in [9.17, 15) is 13.2 Å². The Morgan fingerprint density at radius 2 is 1.42 bits per heavy atom. The summed E-state index contributed by atoms with van der Waals surface area (Å²) < 4.78 is 57.7. The molecule has 0 N–H and O–H groups in total. The maximum Gasteiger partial charge on any atom is 0.416 e. The van der Waals surface area contributed by atoms with Crippen LogP contribution in [-0.2, 0) is 6.18 Å². The van der Waals surface area contributed by atoms with Crippen molar-refractivity contribution in [1.29, 1.82) is 0 Å². The summed E-state index contributed by atoms with van der Waals surface area (Å²) in [4.78, 5) is 8.72. The smallest absolute Gasteiger partial charge is 0.416 e. The van der Waals surface area contributed by atoms with Gasteiger partial charge in [0.25, 0.3) is 10.4 Å². The zero-order valence-electron chi connectivity index (χ0n) is 19.6. The highest BCUT2D eigenvalue weighted by Gasteiger charge is 2.30. The standard InChI is InChI=1S/C28H16F3N2O3S2/c1-34-20-10-11-22-25(15-20)38-26(32-22)35-19-8-5-16(6-9-19)17-3-2-4-21(13-17)36-27-33-23-14-18(28(29,30)31)7-12-24(23)37-27/h2,4-15H,1H3. The number of nitrogens with zero attached hydrogens (tertiary/aromatic N) is 2. The quantitative estimate of drug-likeness (QED) is 0.208. The van der Waals surface area contributed by atoms with Crippen LogP contribution in [0.5, 0.6) is 27.6 Å². The number of thiazole rings is 2. The van der Waals surface area contributed by atoms with Gasteiger partial charge in [-0.3, -0.25) is 0 Å². The molecular weight excluding hydrogens is 533 g/mol. The summed E-state index contributed by atoms with van der Waals surface area (Å²) in [7, 11) is 1.62. The molecule has 2 aromatic heterocycles. The van der Waals surface area contributed by atoms with Crippen molar-refractivity contribution in [2.24, 2.45) is 0 Å². The molecule has 0 spiro atoms. The molecule has 10 heteroatoms. The predicted molar refractivity (Wildman–Crippen MR) is 142 cm³/mol. The average Bonchev–Trinajstić information content (AvgIpc) is 3.50. The van der Waals surface area contributed by atoms with Gasteiger partial charge in [0.1, 0.15) is 17.2 Å². The second-order valence-electron chi connectivity index (χ2n) is 8.14. The third-order valence-electron chi connectivity index (χ3n) is 5.62. The molecule has 0 atom stereocenters. The Bertz CT molecular complexity index is 1760. The van der Waals surface area contributed by atoms with Gasteiger partial charge in [0.2, 0.25) is 0 Å². The number of benzene rings is 4. The van der Waals surface area contributed by atoms with E-state index in [4.69, 9.17) is 14.2 Å². The van der Waals surface area contributed by atoms with Gasteiger partial charge >= 0.3 is 6.18 Å². The molecule has 0 aliphatic heterocycles. The number of ether oxygens (including phenoxy) is 3. The second-order valence-corrected chi connectivity index (χ2v) is 10.1. The summed E-state index contributed by atoms with van der Waals surface area (Å²) in [5.74, 6) is 1.90. The molecule has 38 heavy (non-hydrogen) atoms. The fourth-order valence-electron chi connectivity index (χ4n) is 3.76. The number of halogens is 3. The number of alkyl halides is 3. The summed E-state index contributed by atoms with van der Waals surface area (Å²) in [6.45, 7) is 0. The van der Waals surface area contributed by atoms with Gasteiger partial charge < -0.3 is 14.2 Å². The van der Waals surface area contributed by atoms with E-state index in [2.05, 4.69) is 16.0 Å². The summed E-state index contributed by atoms with van der Waals surface area (Å²) in [5.41, 5.74) is 2.00. The van der Waals surface area contributed by atoms with E-state index in [1.807, 2.05) is 42.5 Å². The first-order valence-corrected chi connectivity index (χ1v) is 12.9. The van der Waals surface area contributed by atoms with Crippen LogP contribution >= 0.6 is 22.7 Å². The molecule has 0 bridgehead atoms. The lowest BCUT2D eigenvalue weighted by atomic mass is 10.1. The first-order valence-electron chi connectivity index (χ1n) is 11.2. The Labute approximate surface area is 222 Å². The van der Waals surface area contributed by atoms with Crippen LogP contribution in [0.1, 0.15) is 5.56 Å². The van der Waals surface area contributed by atoms with Crippen LogP contribution in [0.3, 0.4) is 0 Å². The molecule has 5 nitrogen and oxygen atoms in total. The molecule has 0 aliphatic carbocycles. The van der Waals surface area contributed by atoms with Gasteiger partial charge in [0, 0.05) is 0 Å². The molecule has 6 aromatic rings. The monoisotopic (exact) mass is 549 g/mol. The van der Waals surface area contributed by atoms with Crippen LogP contribution in [0.25, 0.3) is 31.6 Å². The van der Waals surface area contributed by atoms with Crippen LogP contribution in [-0.4, -0.2) is 17.1 Å². The molecule has 0 aliphatic rings. The molecule has 6 rings (SSSR count). The topological polar surface area (TPSA) is 53.5 Å². The maximum atomic E-state index is 13.0. The molecule has 4 aromatic carbocycles.